The van der Waals surface area contributed by atoms with Crippen molar-refractivity contribution < 1.29 is 9.53 Å². The first-order valence-electron chi connectivity index (χ1n) is 10.1. The van der Waals surface area contributed by atoms with Crippen molar-refractivity contribution in [3.63, 3.8) is 0 Å². The van der Waals surface area contributed by atoms with E-state index < -0.39 is 0 Å². The molecular formula is C22H30N4O2. The number of nitrogens with one attached hydrogen (secondary N) is 1. The van der Waals surface area contributed by atoms with E-state index in [0.717, 1.165) is 43.7 Å². The number of hydrogen-bond acceptors (Lipinski definition) is 5. The lowest BCUT2D eigenvalue weighted by Gasteiger charge is -2.33. The van der Waals surface area contributed by atoms with Crippen molar-refractivity contribution in [1.29, 1.82) is 0 Å². The van der Waals surface area contributed by atoms with Crippen LogP contribution in [0.15, 0.2) is 36.7 Å². The first kappa shape index (κ1) is 20.1. The number of carbonyl (C=O) groups is 1. The van der Waals surface area contributed by atoms with Crippen molar-refractivity contribution in [2.24, 2.45) is 0 Å². The number of piperidine rings is 1. The lowest BCUT2D eigenvalue weighted by Crippen LogP contribution is -2.33. The molecule has 0 spiro atoms. The van der Waals surface area contributed by atoms with Gasteiger partial charge in [-0.05, 0) is 43.2 Å². The van der Waals surface area contributed by atoms with Crippen LogP contribution in [-0.4, -0.2) is 35.6 Å². The van der Waals surface area contributed by atoms with Gasteiger partial charge in [-0.1, -0.05) is 31.2 Å². The topological polar surface area (TPSA) is 67.3 Å². The number of ether oxygens (including phenoxy) is 1. The summed E-state index contributed by atoms with van der Waals surface area (Å²) in [4.78, 5) is 22.2. The molecule has 1 fully saturated rings. The number of aromatic nitrogens is 2. The molecule has 0 radical (unpaired) electrons. The molecule has 1 amide bonds. The molecule has 1 atom stereocenters. The van der Waals surface area contributed by atoms with Crippen molar-refractivity contribution in [3.8, 4) is 5.88 Å². The molecule has 1 N–H and O–H groups in total. The van der Waals surface area contributed by atoms with Gasteiger partial charge in [-0.3, -0.25) is 4.79 Å². The zero-order valence-corrected chi connectivity index (χ0v) is 17.0. The van der Waals surface area contributed by atoms with E-state index >= 15 is 0 Å². The summed E-state index contributed by atoms with van der Waals surface area (Å²) in [5.41, 5.74) is 2.50. The molecule has 1 aromatic heterocycles. The van der Waals surface area contributed by atoms with Crippen molar-refractivity contribution in [1.82, 2.24) is 15.3 Å². The average molecular weight is 383 g/mol. The minimum absolute atomic E-state index is 0.00285. The highest BCUT2D eigenvalue weighted by molar-refractivity contribution is 5.73. The standard InChI is InChI=1S/C22H30N4O2/c1-4-13-28-22-14-21(23-15-24-22)26-11-9-20(10-12-26)19-7-5-18(6-8-19)16(2)25-17(3)27/h5-8,14-16,20H,4,9-13H2,1-3H3,(H,25,27). The van der Waals surface area contributed by atoms with Crippen LogP contribution in [0.4, 0.5) is 5.82 Å². The fraction of sp³-hybridized carbons (Fsp3) is 0.500. The molecule has 0 saturated carbocycles. The van der Waals surface area contributed by atoms with Crippen LogP contribution in [0.3, 0.4) is 0 Å². The predicted octanol–water partition coefficient (Wildman–Crippen LogP) is 3.85. The van der Waals surface area contributed by atoms with Crippen LogP contribution in [-0.2, 0) is 4.79 Å². The fourth-order valence-electron chi connectivity index (χ4n) is 3.68. The van der Waals surface area contributed by atoms with Crippen molar-refractivity contribution in [3.05, 3.63) is 47.8 Å². The number of hydrogen-bond donors (Lipinski definition) is 1. The number of anilines is 1. The van der Waals surface area contributed by atoms with Crippen LogP contribution in [0, 0.1) is 0 Å². The second kappa shape index (κ2) is 9.53. The quantitative estimate of drug-likeness (QED) is 0.788. The van der Waals surface area contributed by atoms with E-state index in [1.54, 1.807) is 13.3 Å². The molecule has 1 aromatic carbocycles. The van der Waals surface area contributed by atoms with Gasteiger partial charge in [0.25, 0.3) is 0 Å². The second-order valence-electron chi connectivity index (χ2n) is 7.41. The first-order chi connectivity index (χ1) is 13.6. The molecule has 2 aromatic rings. The van der Waals surface area contributed by atoms with Gasteiger partial charge in [0.15, 0.2) is 0 Å². The molecule has 6 nitrogen and oxygen atoms in total. The van der Waals surface area contributed by atoms with Crippen molar-refractivity contribution in [2.75, 3.05) is 24.6 Å². The summed E-state index contributed by atoms with van der Waals surface area (Å²) in [6.45, 7) is 8.26. The van der Waals surface area contributed by atoms with Gasteiger partial charge >= 0.3 is 0 Å². The van der Waals surface area contributed by atoms with E-state index in [0.29, 0.717) is 18.4 Å². The minimum Gasteiger partial charge on any atom is -0.478 e. The zero-order chi connectivity index (χ0) is 19.9. The summed E-state index contributed by atoms with van der Waals surface area (Å²) in [5.74, 6) is 2.15. The van der Waals surface area contributed by atoms with Gasteiger partial charge in [-0.25, -0.2) is 9.97 Å². The van der Waals surface area contributed by atoms with E-state index in [4.69, 9.17) is 4.74 Å². The molecule has 1 saturated heterocycles. The van der Waals surface area contributed by atoms with Crippen LogP contribution < -0.4 is 15.0 Å². The summed E-state index contributed by atoms with van der Waals surface area (Å²) in [5, 5.41) is 2.93. The Hall–Kier alpha value is -2.63. The van der Waals surface area contributed by atoms with E-state index in [9.17, 15) is 4.79 Å². The summed E-state index contributed by atoms with van der Waals surface area (Å²) < 4.78 is 5.63. The fourth-order valence-corrected chi connectivity index (χ4v) is 3.68. The van der Waals surface area contributed by atoms with Crippen LogP contribution in [0.25, 0.3) is 0 Å². The molecule has 1 aliphatic rings. The van der Waals surface area contributed by atoms with Gasteiger partial charge in [0.05, 0.1) is 12.6 Å². The maximum Gasteiger partial charge on any atom is 0.218 e. The van der Waals surface area contributed by atoms with Gasteiger partial charge in [0.1, 0.15) is 12.1 Å². The van der Waals surface area contributed by atoms with Crippen LogP contribution in [0.5, 0.6) is 5.88 Å². The van der Waals surface area contributed by atoms with Crippen LogP contribution >= 0.6 is 0 Å². The Morgan fingerprint density at radius 1 is 1.25 bits per heavy atom. The van der Waals surface area contributed by atoms with Gasteiger partial charge in [-0.2, -0.15) is 0 Å². The molecule has 150 valence electrons. The lowest BCUT2D eigenvalue weighted by atomic mass is 9.88. The summed E-state index contributed by atoms with van der Waals surface area (Å²) >= 11 is 0. The zero-order valence-electron chi connectivity index (χ0n) is 17.0. The van der Waals surface area contributed by atoms with E-state index in [-0.39, 0.29) is 11.9 Å². The smallest absolute Gasteiger partial charge is 0.218 e. The van der Waals surface area contributed by atoms with Gasteiger partial charge < -0.3 is 15.0 Å². The Bertz CT molecular complexity index is 770. The Labute approximate surface area is 167 Å². The SMILES string of the molecule is CCCOc1cc(N2CCC(c3ccc(C(C)NC(C)=O)cc3)CC2)ncn1. The molecule has 1 aliphatic heterocycles. The third-order valence-electron chi connectivity index (χ3n) is 5.23. The van der Waals surface area contributed by atoms with Crippen molar-refractivity contribution in [2.45, 2.75) is 52.0 Å². The third kappa shape index (κ3) is 5.21. The van der Waals surface area contributed by atoms with Gasteiger partial charge in [0.2, 0.25) is 11.8 Å². The molecule has 2 heterocycles. The predicted molar refractivity (Wildman–Crippen MR) is 111 cm³/mol. The average Bonchev–Trinajstić information content (AvgIpc) is 2.72. The third-order valence-corrected chi connectivity index (χ3v) is 5.23. The van der Waals surface area contributed by atoms with Crippen molar-refractivity contribution >= 4 is 11.7 Å². The van der Waals surface area contributed by atoms with Crippen LogP contribution in [0.1, 0.15) is 63.1 Å². The Kier molecular flexibility index (Phi) is 6.85. The second-order valence-corrected chi connectivity index (χ2v) is 7.41. The molecule has 1 unspecified atom stereocenters. The van der Waals surface area contributed by atoms with E-state index in [1.165, 1.54) is 5.56 Å². The van der Waals surface area contributed by atoms with Gasteiger partial charge in [0, 0.05) is 26.1 Å². The Morgan fingerprint density at radius 3 is 2.61 bits per heavy atom. The highest BCUT2D eigenvalue weighted by atomic mass is 16.5. The summed E-state index contributed by atoms with van der Waals surface area (Å²) in [6, 6.07) is 10.6. The Balaban J connectivity index is 1.57. The number of benzene rings is 1. The normalized spacial score (nSPS) is 15.9. The molecule has 6 heteroatoms. The molecule has 3 rings (SSSR count). The molecule has 0 bridgehead atoms. The largest absolute Gasteiger partial charge is 0.478 e. The number of carbonyl (C=O) groups excluding carboxylic acids is 1. The molecular weight excluding hydrogens is 352 g/mol. The maximum atomic E-state index is 11.2. The number of nitrogens with zero attached hydrogens (tertiary/aromatic N) is 3. The highest BCUT2D eigenvalue weighted by Crippen LogP contribution is 2.31. The summed E-state index contributed by atoms with van der Waals surface area (Å²) in [7, 11) is 0. The van der Waals surface area contributed by atoms with Crippen LogP contribution in [0.2, 0.25) is 0 Å². The molecule has 28 heavy (non-hydrogen) atoms. The minimum atomic E-state index is -0.00285. The van der Waals surface area contributed by atoms with Gasteiger partial charge in [-0.15, -0.1) is 0 Å². The first-order valence-corrected chi connectivity index (χ1v) is 10.1. The number of amides is 1. The summed E-state index contributed by atoms with van der Waals surface area (Å²) in [6.07, 6.45) is 4.74. The highest BCUT2D eigenvalue weighted by Gasteiger charge is 2.22. The Morgan fingerprint density at radius 2 is 1.96 bits per heavy atom. The van der Waals surface area contributed by atoms with E-state index in [1.807, 2.05) is 13.0 Å². The lowest BCUT2D eigenvalue weighted by molar-refractivity contribution is -0.119. The molecule has 0 aliphatic carbocycles. The maximum absolute atomic E-state index is 11.2. The van der Waals surface area contributed by atoms with E-state index in [2.05, 4.69) is 51.4 Å². The monoisotopic (exact) mass is 382 g/mol. The number of rotatable bonds is 7.